The van der Waals surface area contributed by atoms with Crippen molar-refractivity contribution in [2.75, 3.05) is 44.3 Å². The third-order valence-electron chi connectivity index (χ3n) is 7.19. The molecule has 0 spiro atoms. The van der Waals surface area contributed by atoms with Crippen molar-refractivity contribution >= 4 is 44.6 Å². The van der Waals surface area contributed by atoms with Crippen LogP contribution < -0.4 is 10.2 Å². The van der Waals surface area contributed by atoms with E-state index in [0.29, 0.717) is 0 Å². The predicted molar refractivity (Wildman–Crippen MR) is 137 cm³/mol. The molecule has 1 aliphatic carbocycles. The fourth-order valence-electron chi connectivity index (χ4n) is 5.34. The molecule has 0 unspecified atom stereocenters. The van der Waals surface area contributed by atoms with Crippen LogP contribution in [0, 0.1) is 0 Å². The Morgan fingerprint density at radius 1 is 1.12 bits per heavy atom. The Bertz CT molecular complexity index is 1150. The van der Waals surface area contributed by atoms with Gasteiger partial charge in [-0.2, -0.15) is 0 Å². The normalized spacial score (nSPS) is 19.9. The van der Waals surface area contributed by atoms with Gasteiger partial charge in [0.05, 0.1) is 30.0 Å². The van der Waals surface area contributed by atoms with Crippen LogP contribution in [0.15, 0.2) is 17.5 Å². The first-order valence-corrected chi connectivity index (χ1v) is 14.1. The Morgan fingerprint density at radius 2 is 1.94 bits per heavy atom. The number of nitrogens with one attached hydrogen (secondary N) is 1. The van der Waals surface area contributed by atoms with E-state index in [1.165, 1.54) is 46.4 Å². The Balaban J connectivity index is 1.24. The lowest BCUT2D eigenvalue weighted by Gasteiger charge is -2.34. The zero-order valence-corrected chi connectivity index (χ0v) is 21.1. The van der Waals surface area contributed by atoms with Gasteiger partial charge in [-0.25, -0.2) is 9.97 Å². The Kier molecular flexibility index (Phi) is 6.51. The van der Waals surface area contributed by atoms with Crippen LogP contribution in [0.2, 0.25) is 0 Å². The number of aromatic nitrogens is 2. The van der Waals surface area contributed by atoms with Gasteiger partial charge < -0.3 is 15.0 Å². The summed E-state index contributed by atoms with van der Waals surface area (Å²) in [6.45, 7) is 6.04. The number of nitrogens with zero attached hydrogens (tertiary/aromatic N) is 4. The molecule has 180 valence electrons. The zero-order chi connectivity index (χ0) is 22.9. The van der Waals surface area contributed by atoms with Crippen LogP contribution in [0.25, 0.3) is 10.2 Å². The number of rotatable bonds is 5. The molecule has 3 aromatic heterocycles. The molecule has 1 amide bonds. The first-order chi connectivity index (χ1) is 16.7. The highest BCUT2D eigenvalue weighted by molar-refractivity contribution is 7.19. The highest BCUT2D eigenvalue weighted by Crippen LogP contribution is 2.40. The van der Waals surface area contributed by atoms with E-state index in [2.05, 4.69) is 15.1 Å². The van der Waals surface area contributed by atoms with E-state index in [9.17, 15) is 4.79 Å². The number of carbonyl (C=O) groups is 1. The predicted octanol–water partition coefficient (Wildman–Crippen LogP) is 3.86. The van der Waals surface area contributed by atoms with Crippen LogP contribution in [0.3, 0.4) is 0 Å². The fraction of sp³-hybridized carbons (Fsp3) is 0.560. The number of piperidine rings is 1. The summed E-state index contributed by atoms with van der Waals surface area (Å²) in [7, 11) is 0. The highest BCUT2D eigenvalue weighted by atomic mass is 32.1. The number of aryl methyl sites for hydroxylation is 2. The van der Waals surface area contributed by atoms with Crippen LogP contribution in [0.4, 0.5) is 5.82 Å². The SMILES string of the molecule is O=C(NC1CCN(c2nc(CN3CCOCC3)nc3sc4c(c23)CCCC4)CC1)c1cccs1. The molecule has 3 aliphatic rings. The smallest absolute Gasteiger partial charge is 0.261 e. The lowest BCUT2D eigenvalue weighted by atomic mass is 9.96. The zero-order valence-electron chi connectivity index (χ0n) is 19.4. The minimum Gasteiger partial charge on any atom is -0.379 e. The molecular weight excluding hydrogens is 466 g/mol. The second-order valence-corrected chi connectivity index (χ2v) is 11.5. The van der Waals surface area contributed by atoms with Gasteiger partial charge in [0.2, 0.25) is 0 Å². The monoisotopic (exact) mass is 497 g/mol. The summed E-state index contributed by atoms with van der Waals surface area (Å²) in [6, 6.07) is 4.04. The third kappa shape index (κ3) is 4.58. The fourth-order valence-corrected chi connectivity index (χ4v) is 7.24. The van der Waals surface area contributed by atoms with E-state index in [1.807, 2.05) is 28.8 Å². The van der Waals surface area contributed by atoms with E-state index < -0.39 is 0 Å². The molecule has 7 nitrogen and oxygen atoms in total. The minimum absolute atomic E-state index is 0.0533. The van der Waals surface area contributed by atoms with Gasteiger partial charge in [-0.1, -0.05) is 6.07 Å². The summed E-state index contributed by atoms with van der Waals surface area (Å²) in [5.41, 5.74) is 1.49. The van der Waals surface area contributed by atoms with Gasteiger partial charge in [0.25, 0.3) is 5.91 Å². The van der Waals surface area contributed by atoms with Gasteiger partial charge in [-0.3, -0.25) is 9.69 Å². The molecule has 2 saturated heterocycles. The van der Waals surface area contributed by atoms with E-state index in [0.717, 1.165) is 86.5 Å². The van der Waals surface area contributed by atoms with Crippen LogP contribution >= 0.6 is 22.7 Å². The van der Waals surface area contributed by atoms with Crippen molar-refractivity contribution < 1.29 is 9.53 Å². The largest absolute Gasteiger partial charge is 0.379 e. The molecule has 2 fully saturated rings. The molecule has 34 heavy (non-hydrogen) atoms. The molecule has 0 saturated carbocycles. The van der Waals surface area contributed by atoms with Gasteiger partial charge in [0.1, 0.15) is 16.5 Å². The second-order valence-electron chi connectivity index (χ2n) is 9.46. The number of morpholine rings is 1. The summed E-state index contributed by atoms with van der Waals surface area (Å²) in [6.07, 6.45) is 6.72. The Morgan fingerprint density at radius 3 is 2.74 bits per heavy atom. The first-order valence-electron chi connectivity index (χ1n) is 12.4. The average molecular weight is 498 g/mol. The van der Waals surface area contributed by atoms with Gasteiger partial charge in [-0.15, -0.1) is 22.7 Å². The van der Waals surface area contributed by atoms with Crippen molar-refractivity contribution in [1.29, 1.82) is 0 Å². The molecular formula is C25H31N5O2S2. The molecule has 2 aliphatic heterocycles. The van der Waals surface area contributed by atoms with Crippen molar-refractivity contribution in [1.82, 2.24) is 20.2 Å². The quantitative estimate of drug-likeness (QED) is 0.577. The number of fused-ring (bicyclic) bond motifs is 3. The standard InChI is InChI=1S/C25H31N5O2S2/c31-24(20-6-3-15-33-20)26-17-7-9-30(10-8-17)23-22-18-4-1-2-5-19(18)34-25(22)28-21(27-23)16-29-11-13-32-14-12-29/h3,6,15,17H,1-2,4-5,7-14,16H2,(H,26,31). The summed E-state index contributed by atoms with van der Waals surface area (Å²) in [5, 5.41) is 6.49. The van der Waals surface area contributed by atoms with Gasteiger partial charge in [0.15, 0.2) is 0 Å². The number of carbonyl (C=O) groups excluding carboxylic acids is 1. The average Bonchev–Trinajstić information content (AvgIpc) is 3.53. The maximum absolute atomic E-state index is 12.5. The van der Waals surface area contributed by atoms with Crippen LogP contribution in [-0.2, 0) is 24.1 Å². The Labute approximate surface area is 208 Å². The van der Waals surface area contributed by atoms with Gasteiger partial charge in [0, 0.05) is 37.1 Å². The summed E-state index contributed by atoms with van der Waals surface area (Å²) in [4.78, 5) is 31.1. The highest BCUT2D eigenvalue weighted by Gasteiger charge is 2.28. The summed E-state index contributed by atoms with van der Waals surface area (Å²) < 4.78 is 5.52. The van der Waals surface area contributed by atoms with Gasteiger partial charge in [-0.05, 0) is 55.5 Å². The summed E-state index contributed by atoms with van der Waals surface area (Å²) >= 11 is 3.38. The van der Waals surface area contributed by atoms with Crippen molar-refractivity contribution in [2.24, 2.45) is 0 Å². The number of ether oxygens (including phenoxy) is 1. The minimum atomic E-state index is 0.0533. The third-order valence-corrected chi connectivity index (χ3v) is 9.24. The van der Waals surface area contributed by atoms with Crippen molar-refractivity contribution in [3.05, 3.63) is 38.7 Å². The molecule has 9 heteroatoms. The van der Waals surface area contributed by atoms with Crippen LogP contribution in [0.5, 0.6) is 0 Å². The molecule has 6 rings (SSSR count). The molecule has 3 aromatic rings. The Hall–Kier alpha value is -2.07. The summed E-state index contributed by atoms with van der Waals surface area (Å²) in [5.74, 6) is 2.10. The van der Waals surface area contributed by atoms with E-state index in [1.54, 1.807) is 0 Å². The van der Waals surface area contributed by atoms with E-state index in [4.69, 9.17) is 14.7 Å². The van der Waals surface area contributed by atoms with E-state index >= 15 is 0 Å². The van der Waals surface area contributed by atoms with Crippen molar-refractivity contribution in [3.8, 4) is 0 Å². The number of amides is 1. The lowest BCUT2D eigenvalue weighted by Crippen LogP contribution is -2.45. The maximum atomic E-state index is 12.5. The molecule has 0 radical (unpaired) electrons. The number of hydrogen-bond acceptors (Lipinski definition) is 8. The first kappa shape index (κ1) is 22.4. The van der Waals surface area contributed by atoms with Crippen molar-refractivity contribution in [3.63, 3.8) is 0 Å². The lowest BCUT2D eigenvalue weighted by molar-refractivity contribution is 0.0331. The number of anilines is 1. The molecule has 0 bridgehead atoms. The molecule has 5 heterocycles. The maximum Gasteiger partial charge on any atom is 0.261 e. The number of thiophene rings is 2. The number of hydrogen-bond donors (Lipinski definition) is 1. The molecule has 0 aromatic carbocycles. The van der Waals surface area contributed by atoms with Crippen LogP contribution in [-0.4, -0.2) is 66.2 Å². The molecule has 0 atom stereocenters. The van der Waals surface area contributed by atoms with Gasteiger partial charge >= 0.3 is 0 Å². The van der Waals surface area contributed by atoms with Crippen LogP contribution in [0.1, 0.15) is 51.6 Å². The van der Waals surface area contributed by atoms with E-state index in [-0.39, 0.29) is 11.9 Å². The van der Waals surface area contributed by atoms with Crippen molar-refractivity contribution in [2.45, 2.75) is 51.1 Å². The molecule has 1 N–H and O–H groups in total. The second kappa shape index (κ2) is 9.89. The topological polar surface area (TPSA) is 70.6 Å².